The van der Waals surface area contributed by atoms with E-state index in [4.69, 9.17) is 5.73 Å². The molecule has 2 aromatic rings. The molecule has 3 atom stereocenters. The molecule has 1 aromatic heterocycles. The second kappa shape index (κ2) is 7.81. The smallest absolute Gasteiger partial charge is 0.327 e. The molecule has 0 unspecified atom stereocenters. The highest BCUT2D eigenvalue weighted by molar-refractivity contribution is 5.27. The first-order chi connectivity index (χ1) is 14.1. The number of nitrogens with two attached hydrogens (primary N) is 1. The Bertz CT molecular complexity index is 948. The van der Waals surface area contributed by atoms with Crippen LogP contribution >= 0.6 is 0 Å². The molecule has 1 aliphatic heterocycles. The summed E-state index contributed by atoms with van der Waals surface area (Å²) in [5.74, 6) is -4.79. The van der Waals surface area contributed by atoms with Crippen molar-refractivity contribution in [1.29, 1.82) is 0 Å². The van der Waals surface area contributed by atoms with Gasteiger partial charge in [0.1, 0.15) is 5.82 Å². The topological polar surface area (TPSA) is 55.0 Å². The third-order valence-corrected chi connectivity index (χ3v) is 6.06. The van der Waals surface area contributed by atoms with Gasteiger partial charge in [-0.25, -0.2) is 23.1 Å². The van der Waals surface area contributed by atoms with Crippen LogP contribution in [0, 0.1) is 17.5 Å². The van der Waals surface area contributed by atoms with Gasteiger partial charge in [0.05, 0.1) is 5.69 Å². The molecule has 0 spiro atoms. The van der Waals surface area contributed by atoms with E-state index in [1.54, 1.807) is 0 Å². The zero-order chi connectivity index (χ0) is 21.6. The summed E-state index contributed by atoms with van der Waals surface area (Å²) >= 11 is 0. The monoisotopic (exact) mass is 430 g/mol. The molecule has 1 saturated carbocycles. The fraction of sp³-hybridized carbons (Fsp3) is 0.500. The SMILES string of the molecule is N[C@H]1C[C@@H](N2CCc3cnc(C(F)(F)F)nc3C2)CC[C@@H]1c1cc(F)c(F)cc1F. The van der Waals surface area contributed by atoms with Gasteiger partial charge in [-0.15, -0.1) is 0 Å². The number of alkyl halides is 3. The Kier molecular flexibility index (Phi) is 5.48. The van der Waals surface area contributed by atoms with Gasteiger partial charge in [-0.1, -0.05) is 0 Å². The van der Waals surface area contributed by atoms with Crippen molar-refractivity contribution in [3.8, 4) is 0 Å². The van der Waals surface area contributed by atoms with E-state index in [1.165, 1.54) is 6.20 Å². The molecule has 4 rings (SSSR count). The van der Waals surface area contributed by atoms with Crippen LogP contribution in [0.5, 0.6) is 0 Å². The average molecular weight is 430 g/mol. The Balaban J connectivity index is 1.47. The molecule has 2 N–H and O–H groups in total. The van der Waals surface area contributed by atoms with Gasteiger partial charge >= 0.3 is 6.18 Å². The van der Waals surface area contributed by atoms with E-state index in [0.29, 0.717) is 49.6 Å². The maximum Gasteiger partial charge on any atom is 0.451 e. The molecule has 0 saturated heterocycles. The Morgan fingerprint density at radius 3 is 2.47 bits per heavy atom. The number of benzene rings is 1. The lowest BCUT2D eigenvalue weighted by Gasteiger charge is -2.41. The number of hydrogen-bond donors (Lipinski definition) is 1. The van der Waals surface area contributed by atoms with E-state index < -0.39 is 41.4 Å². The minimum Gasteiger partial charge on any atom is -0.327 e. The molecule has 10 heteroatoms. The van der Waals surface area contributed by atoms with Crippen molar-refractivity contribution in [2.45, 2.75) is 56.4 Å². The van der Waals surface area contributed by atoms with Gasteiger partial charge in [-0.2, -0.15) is 13.2 Å². The standard InChI is InChI=1S/C20H20F6N4/c21-14-7-16(23)15(22)6-13(14)12-2-1-11(5-17(12)27)30-4-3-10-8-28-19(20(24,25)26)29-18(10)9-30/h6-8,11-12,17H,1-5,9,27H2/t11-,12+,17-/m0/s1. The van der Waals surface area contributed by atoms with E-state index >= 15 is 0 Å². The summed E-state index contributed by atoms with van der Waals surface area (Å²) in [6.45, 7) is 0.881. The number of aromatic nitrogens is 2. The number of halogens is 6. The van der Waals surface area contributed by atoms with Crippen molar-refractivity contribution in [3.05, 3.63) is 58.4 Å². The Hall–Kier alpha value is -2.20. The van der Waals surface area contributed by atoms with Gasteiger partial charge in [0.2, 0.25) is 5.82 Å². The van der Waals surface area contributed by atoms with Crippen LogP contribution < -0.4 is 5.73 Å². The summed E-state index contributed by atoms with van der Waals surface area (Å²) in [5.41, 5.74) is 7.37. The Morgan fingerprint density at radius 1 is 1.03 bits per heavy atom. The summed E-state index contributed by atoms with van der Waals surface area (Å²) < 4.78 is 79.7. The average Bonchev–Trinajstić information content (AvgIpc) is 2.69. The third-order valence-electron chi connectivity index (χ3n) is 6.06. The maximum absolute atomic E-state index is 14.2. The van der Waals surface area contributed by atoms with Gasteiger partial charge in [0.25, 0.3) is 0 Å². The summed E-state index contributed by atoms with van der Waals surface area (Å²) in [4.78, 5) is 9.15. The maximum atomic E-state index is 14.2. The predicted octanol–water partition coefficient (Wildman–Crippen LogP) is 3.93. The van der Waals surface area contributed by atoms with Crippen LogP contribution in [0.25, 0.3) is 0 Å². The number of nitrogens with zero attached hydrogens (tertiary/aromatic N) is 3. The molecule has 0 radical (unpaired) electrons. The molecule has 2 aliphatic rings. The van der Waals surface area contributed by atoms with Crippen LogP contribution in [0.4, 0.5) is 26.3 Å². The molecule has 4 nitrogen and oxygen atoms in total. The zero-order valence-corrected chi connectivity index (χ0v) is 15.9. The van der Waals surface area contributed by atoms with E-state index in [2.05, 4.69) is 9.97 Å². The first-order valence-electron chi connectivity index (χ1n) is 9.69. The van der Waals surface area contributed by atoms with E-state index in [-0.39, 0.29) is 18.2 Å². The van der Waals surface area contributed by atoms with Crippen molar-refractivity contribution < 1.29 is 26.3 Å². The highest BCUT2D eigenvalue weighted by atomic mass is 19.4. The van der Waals surface area contributed by atoms with Crippen molar-refractivity contribution in [1.82, 2.24) is 14.9 Å². The minimum atomic E-state index is -4.60. The van der Waals surface area contributed by atoms with Gasteiger partial charge in [-0.3, -0.25) is 4.90 Å². The first-order valence-corrected chi connectivity index (χ1v) is 9.69. The van der Waals surface area contributed by atoms with Gasteiger partial charge in [0, 0.05) is 43.4 Å². The summed E-state index contributed by atoms with van der Waals surface area (Å²) in [6, 6.07) is 0.897. The fourth-order valence-electron chi connectivity index (χ4n) is 4.49. The molecule has 0 amide bonds. The van der Waals surface area contributed by atoms with E-state index in [9.17, 15) is 26.3 Å². The van der Waals surface area contributed by atoms with Crippen molar-refractivity contribution in [2.24, 2.45) is 5.73 Å². The largest absolute Gasteiger partial charge is 0.451 e. The molecular weight excluding hydrogens is 410 g/mol. The van der Waals surface area contributed by atoms with Crippen LogP contribution in [0.3, 0.4) is 0 Å². The predicted molar refractivity (Wildman–Crippen MR) is 95.8 cm³/mol. The molecule has 1 aliphatic carbocycles. The first kappa shape index (κ1) is 21.0. The lowest BCUT2D eigenvalue weighted by atomic mass is 9.77. The van der Waals surface area contributed by atoms with Crippen LogP contribution in [0.1, 0.15) is 47.8 Å². The van der Waals surface area contributed by atoms with Crippen LogP contribution in [-0.4, -0.2) is 33.5 Å². The lowest BCUT2D eigenvalue weighted by Crippen LogP contribution is -2.47. The zero-order valence-electron chi connectivity index (χ0n) is 15.9. The number of rotatable bonds is 2. The van der Waals surface area contributed by atoms with Crippen molar-refractivity contribution in [2.75, 3.05) is 6.54 Å². The van der Waals surface area contributed by atoms with Crippen molar-refractivity contribution >= 4 is 0 Å². The Labute approximate surface area is 169 Å². The summed E-state index contributed by atoms with van der Waals surface area (Å²) in [5, 5.41) is 0. The molecule has 1 fully saturated rings. The molecule has 1 aromatic carbocycles. The van der Waals surface area contributed by atoms with Gasteiger partial charge in [0.15, 0.2) is 11.6 Å². The quantitative estimate of drug-likeness (QED) is 0.580. The number of hydrogen-bond acceptors (Lipinski definition) is 4. The Morgan fingerprint density at radius 2 is 1.77 bits per heavy atom. The molecule has 2 heterocycles. The van der Waals surface area contributed by atoms with Crippen LogP contribution in [0.15, 0.2) is 18.3 Å². The fourth-order valence-corrected chi connectivity index (χ4v) is 4.49. The minimum absolute atomic E-state index is 0.0120. The number of fused-ring (bicyclic) bond motifs is 1. The molecule has 162 valence electrons. The second-order valence-corrected chi connectivity index (χ2v) is 7.91. The van der Waals surface area contributed by atoms with Crippen molar-refractivity contribution in [3.63, 3.8) is 0 Å². The third kappa shape index (κ3) is 4.02. The van der Waals surface area contributed by atoms with E-state index in [1.807, 2.05) is 4.90 Å². The second-order valence-electron chi connectivity index (χ2n) is 7.91. The van der Waals surface area contributed by atoms with Crippen LogP contribution in [-0.2, 0) is 19.1 Å². The molecule has 0 bridgehead atoms. The van der Waals surface area contributed by atoms with Gasteiger partial charge < -0.3 is 5.73 Å². The molecular formula is C20H20F6N4. The van der Waals surface area contributed by atoms with E-state index in [0.717, 1.165) is 6.07 Å². The highest BCUT2D eigenvalue weighted by Crippen LogP contribution is 2.37. The normalized spacial score (nSPS) is 25.2. The molecule has 30 heavy (non-hydrogen) atoms. The summed E-state index contributed by atoms with van der Waals surface area (Å²) in [6.07, 6.45) is -1.29. The van der Waals surface area contributed by atoms with Crippen LogP contribution in [0.2, 0.25) is 0 Å². The lowest BCUT2D eigenvalue weighted by molar-refractivity contribution is -0.145. The highest BCUT2D eigenvalue weighted by Gasteiger charge is 2.38. The summed E-state index contributed by atoms with van der Waals surface area (Å²) in [7, 11) is 0. The van der Waals surface area contributed by atoms with Gasteiger partial charge in [-0.05, 0) is 42.9 Å².